The lowest BCUT2D eigenvalue weighted by Gasteiger charge is -2.04. The van der Waals surface area contributed by atoms with Crippen LogP contribution in [0, 0.1) is 5.92 Å². The summed E-state index contributed by atoms with van der Waals surface area (Å²) in [5.41, 5.74) is 3.14. The van der Waals surface area contributed by atoms with Gasteiger partial charge in [-0.2, -0.15) is 0 Å². The fraction of sp³-hybridized carbons (Fsp3) is 0.188. The molecule has 0 amide bonds. The molecule has 0 saturated heterocycles. The fourth-order valence-corrected chi connectivity index (χ4v) is 2.06. The summed E-state index contributed by atoms with van der Waals surface area (Å²) in [6, 6.07) is 18.1. The molecule has 0 aromatic heterocycles. The first kappa shape index (κ1) is 10.3. The van der Waals surface area contributed by atoms with Crippen molar-refractivity contribution in [2.75, 3.05) is 0 Å². The molecule has 2 aromatic carbocycles. The smallest absolute Gasteiger partial charge is 0.165 e. The van der Waals surface area contributed by atoms with Crippen molar-refractivity contribution in [3.05, 3.63) is 60.2 Å². The molecule has 0 spiro atoms. The minimum Gasteiger partial charge on any atom is -0.294 e. The van der Waals surface area contributed by atoms with Crippen molar-refractivity contribution in [3.63, 3.8) is 0 Å². The molecule has 1 aliphatic carbocycles. The number of carbonyl (C=O) groups is 1. The molecule has 0 aliphatic heterocycles. The summed E-state index contributed by atoms with van der Waals surface area (Å²) in [4.78, 5) is 12.0. The number of benzene rings is 2. The Labute approximate surface area is 101 Å². The average Bonchev–Trinajstić information content (AvgIpc) is 3.23. The summed E-state index contributed by atoms with van der Waals surface area (Å²) in [5.74, 6) is 0.601. The topological polar surface area (TPSA) is 17.1 Å². The van der Waals surface area contributed by atoms with E-state index in [9.17, 15) is 4.79 Å². The summed E-state index contributed by atoms with van der Waals surface area (Å²) < 4.78 is 0. The van der Waals surface area contributed by atoms with Gasteiger partial charge < -0.3 is 0 Å². The van der Waals surface area contributed by atoms with Crippen LogP contribution in [0.3, 0.4) is 0 Å². The van der Waals surface area contributed by atoms with Crippen LogP contribution in [0.5, 0.6) is 0 Å². The van der Waals surface area contributed by atoms with Crippen LogP contribution in [0.15, 0.2) is 54.6 Å². The number of hydrogen-bond acceptors (Lipinski definition) is 1. The summed E-state index contributed by atoms with van der Waals surface area (Å²) in [7, 11) is 0. The van der Waals surface area contributed by atoms with Crippen molar-refractivity contribution in [1.29, 1.82) is 0 Å². The molecule has 3 rings (SSSR count). The molecule has 1 fully saturated rings. The van der Waals surface area contributed by atoms with Crippen LogP contribution in [0.4, 0.5) is 0 Å². The number of hydrogen-bond donors (Lipinski definition) is 0. The maximum atomic E-state index is 12.0. The average molecular weight is 222 g/mol. The molecule has 0 N–H and O–H groups in total. The predicted molar refractivity (Wildman–Crippen MR) is 68.9 cm³/mol. The van der Waals surface area contributed by atoms with E-state index in [-0.39, 0.29) is 0 Å². The lowest BCUT2D eigenvalue weighted by atomic mass is 10.00. The van der Waals surface area contributed by atoms with E-state index in [2.05, 4.69) is 18.2 Å². The van der Waals surface area contributed by atoms with E-state index in [4.69, 9.17) is 0 Å². The molecule has 1 saturated carbocycles. The maximum absolute atomic E-state index is 12.0. The Balaban J connectivity index is 1.96. The maximum Gasteiger partial charge on any atom is 0.165 e. The van der Waals surface area contributed by atoms with Gasteiger partial charge in [-0.25, -0.2) is 0 Å². The zero-order chi connectivity index (χ0) is 11.7. The van der Waals surface area contributed by atoms with E-state index < -0.39 is 0 Å². The van der Waals surface area contributed by atoms with E-state index >= 15 is 0 Å². The fourth-order valence-electron chi connectivity index (χ4n) is 2.06. The second-order valence-corrected chi connectivity index (χ2v) is 4.59. The number of carbonyl (C=O) groups excluding carboxylic acids is 1. The molecular weight excluding hydrogens is 208 g/mol. The van der Waals surface area contributed by atoms with Crippen LogP contribution in [-0.2, 0) is 0 Å². The molecule has 0 atom stereocenters. The van der Waals surface area contributed by atoms with Crippen LogP contribution in [0.2, 0.25) is 0 Å². The molecule has 17 heavy (non-hydrogen) atoms. The Bertz CT molecular complexity index is 538. The summed E-state index contributed by atoms with van der Waals surface area (Å²) in [6.07, 6.45) is 2.13. The molecule has 1 nitrogen and oxygen atoms in total. The molecule has 0 unspecified atom stereocenters. The van der Waals surface area contributed by atoms with E-state index in [1.807, 2.05) is 36.4 Å². The zero-order valence-electron chi connectivity index (χ0n) is 9.60. The van der Waals surface area contributed by atoms with Gasteiger partial charge >= 0.3 is 0 Å². The van der Waals surface area contributed by atoms with Gasteiger partial charge in [-0.05, 0) is 30.0 Å². The third kappa shape index (κ3) is 2.14. The molecule has 2 aromatic rings. The number of rotatable bonds is 3. The quantitative estimate of drug-likeness (QED) is 0.719. The van der Waals surface area contributed by atoms with Crippen molar-refractivity contribution >= 4 is 5.78 Å². The lowest BCUT2D eigenvalue weighted by molar-refractivity contribution is 0.0967. The van der Waals surface area contributed by atoms with E-state index in [0.29, 0.717) is 11.7 Å². The number of ketones is 1. The Hall–Kier alpha value is -1.89. The van der Waals surface area contributed by atoms with E-state index in [1.165, 1.54) is 0 Å². The first-order valence-corrected chi connectivity index (χ1v) is 6.04. The van der Waals surface area contributed by atoms with Crippen LogP contribution < -0.4 is 0 Å². The predicted octanol–water partition coefficient (Wildman–Crippen LogP) is 3.95. The monoisotopic (exact) mass is 222 g/mol. The highest BCUT2D eigenvalue weighted by Gasteiger charge is 2.30. The van der Waals surface area contributed by atoms with Crippen molar-refractivity contribution in [1.82, 2.24) is 0 Å². The Morgan fingerprint density at radius 3 is 2.29 bits per heavy atom. The second-order valence-electron chi connectivity index (χ2n) is 4.59. The molecule has 1 aliphatic rings. The molecule has 0 bridgehead atoms. The lowest BCUT2D eigenvalue weighted by Crippen LogP contribution is -2.00. The largest absolute Gasteiger partial charge is 0.294 e. The Morgan fingerprint density at radius 2 is 1.59 bits per heavy atom. The summed E-state index contributed by atoms with van der Waals surface area (Å²) in [6.45, 7) is 0. The Morgan fingerprint density at radius 1 is 0.882 bits per heavy atom. The molecule has 84 valence electrons. The molecule has 0 radical (unpaired) electrons. The van der Waals surface area contributed by atoms with Gasteiger partial charge in [0.05, 0.1) is 0 Å². The van der Waals surface area contributed by atoms with Crippen molar-refractivity contribution in [2.24, 2.45) is 5.92 Å². The van der Waals surface area contributed by atoms with Gasteiger partial charge in [-0.15, -0.1) is 0 Å². The first-order chi connectivity index (χ1) is 8.34. The van der Waals surface area contributed by atoms with Crippen LogP contribution in [0.25, 0.3) is 11.1 Å². The highest BCUT2D eigenvalue weighted by atomic mass is 16.1. The zero-order valence-corrected chi connectivity index (χ0v) is 9.60. The van der Waals surface area contributed by atoms with Crippen LogP contribution in [-0.4, -0.2) is 5.78 Å². The third-order valence-electron chi connectivity index (χ3n) is 3.20. The minimum absolute atomic E-state index is 0.293. The van der Waals surface area contributed by atoms with Crippen LogP contribution in [0.1, 0.15) is 23.2 Å². The van der Waals surface area contributed by atoms with Gasteiger partial charge in [0, 0.05) is 11.5 Å². The van der Waals surface area contributed by atoms with Crippen molar-refractivity contribution in [2.45, 2.75) is 12.8 Å². The minimum atomic E-state index is 0.293. The van der Waals surface area contributed by atoms with E-state index in [0.717, 1.165) is 29.5 Å². The van der Waals surface area contributed by atoms with Crippen molar-refractivity contribution < 1.29 is 4.79 Å². The summed E-state index contributed by atoms with van der Waals surface area (Å²) in [5, 5.41) is 0. The van der Waals surface area contributed by atoms with Crippen LogP contribution >= 0.6 is 0 Å². The van der Waals surface area contributed by atoms with Gasteiger partial charge in [-0.3, -0.25) is 4.79 Å². The number of Topliss-reactive ketones (excluding diaryl/α,β-unsaturated/α-hetero) is 1. The van der Waals surface area contributed by atoms with Gasteiger partial charge in [0.25, 0.3) is 0 Å². The molecule has 0 heterocycles. The summed E-state index contributed by atoms with van der Waals surface area (Å²) >= 11 is 0. The molecule has 1 heteroatoms. The normalized spacial score (nSPS) is 14.6. The standard InChI is InChI=1S/C16H14O/c17-16(13-9-10-13)15-8-4-7-14(11-15)12-5-2-1-3-6-12/h1-8,11,13H,9-10H2. The second kappa shape index (κ2) is 4.17. The van der Waals surface area contributed by atoms with E-state index in [1.54, 1.807) is 0 Å². The Kier molecular flexibility index (Phi) is 2.52. The SMILES string of the molecule is O=C(c1cccc(-c2ccccc2)c1)C1CC1. The highest BCUT2D eigenvalue weighted by Crippen LogP contribution is 2.33. The van der Waals surface area contributed by atoms with Gasteiger partial charge in [0.1, 0.15) is 0 Å². The third-order valence-corrected chi connectivity index (χ3v) is 3.20. The first-order valence-electron chi connectivity index (χ1n) is 6.04. The van der Waals surface area contributed by atoms with Crippen molar-refractivity contribution in [3.8, 4) is 11.1 Å². The van der Waals surface area contributed by atoms with Gasteiger partial charge in [0.2, 0.25) is 0 Å². The molecular formula is C16H14O. The van der Waals surface area contributed by atoms with Gasteiger partial charge in [0.15, 0.2) is 5.78 Å². The van der Waals surface area contributed by atoms with Gasteiger partial charge in [-0.1, -0.05) is 48.5 Å². The highest BCUT2D eigenvalue weighted by molar-refractivity contribution is 6.00.